The van der Waals surface area contributed by atoms with E-state index in [4.69, 9.17) is 5.26 Å². The summed E-state index contributed by atoms with van der Waals surface area (Å²) < 4.78 is 13.3. The van der Waals surface area contributed by atoms with E-state index < -0.39 is 11.7 Å². The van der Waals surface area contributed by atoms with Crippen LogP contribution >= 0.6 is 0 Å². The average molecular weight is 373 g/mol. The Kier molecular flexibility index (Phi) is 5.78. The molecule has 5 nitrogen and oxygen atoms in total. The molecule has 0 aliphatic carbocycles. The van der Waals surface area contributed by atoms with Crippen molar-refractivity contribution in [3.63, 3.8) is 0 Å². The number of amides is 2. The summed E-state index contributed by atoms with van der Waals surface area (Å²) in [5.74, 6) is -1.20. The summed E-state index contributed by atoms with van der Waals surface area (Å²) in [5, 5.41) is 14.4. The van der Waals surface area contributed by atoms with Crippen molar-refractivity contribution in [3.8, 4) is 6.07 Å². The number of nitrogens with zero attached hydrogens (tertiary/aromatic N) is 1. The van der Waals surface area contributed by atoms with Crippen molar-refractivity contribution >= 4 is 17.5 Å². The Morgan fingerprint density at radius 2 is 1.61 bits per heavy atom. The van der Waals surface area contributed by atoms with E-state index in [0.717, 1.165) is 11.6 Å². The molecule has 3 rings (SSSR count). The van der Waals surface area contributed by atoms with Crippen molar-refractivity contribution in [1.82, 2.24) is 5.32 Å². The lowest BCUT2D eigenvalue weighted by Gasteiger charge is -2.09. The van der Waals surface area contributed by atoms with Crippen molar-refractivity contribution in [2.45, 2.75) is 6.54 Å². The number of hydrogen-bond acceptors (Lipinski definition) is 3. The van der Waals surface area contributed by atoms with Gasteiger partial charge in [0.1, 0.15) is 5.82 Å². The van der Waals surface area contributed by atoms with Crippen LogP contribution < -0.4 is 10.6 Å². The first-order chi connectivity index (χ1) is 13.5. The summed E-state index contributed by atoms with van der Waals surface area (Å²) in [6.45, 7) is 0.249. The van der Waals surface area contributed by atoms with E-state index in [2.05, 4.69) is 10.6 Å². The number of nitriles is 1. The fraction of sp³-hybridized carbons (Fsp3) is 0.0455. The van der Waals surface area contributed by atoms with Crippen molar-refractivity contribution < 1.29 is 14.0 Å². The predicted molar refractivity (Wildman–Crippen MR) is 103 cm³/mol. The summed E-state index contributed by atoms with van der Waals surface area (Å²) in [6, 6.07) is 20.8. The number of benzene rings is 3. The Morgan fingerprint density at radius 3 is 2.36 bits per heavy atom. The summed E-state index contributed by atoms with van der Waals surface area (Å²) in [4.78, 5) is 24.5. The SMILES string of the molecule is N#Cc1cccc(C(=O)NCc2cccc(NC(=O)c3cccc(F)c3)c2)c1. The highest BCUT2D eigenvalue weighted by atomic mass is 19.1. The Labute approximate surface area is 161 Å². The van der Waals surface area contributed by atoms with E-state index in [0.29, 0.717) is 16.8 Å². The minimum Gasteiger partial charge on any atom is -0.348 e. The van der Waals surface area contributed by atoms with Crippen LogP contribution in [-0.4, -0.2) is 11.8 Å². The largest absolute Gasteiger partial charge is 0.348 e. The average Bonchev–Trinajstić information content (AvgIpc) is 2.72. The molecule has 3 aromatic carbocycles. The van der Waals surface area contributed by atoms with Gasteiger partial charge in [-0.25, -0.2) is 4.39 Å². The number of rotatable bonds is 5. The van der Waals surface area contributed by atoms with E-state index in [1.807, 2.05) is 12.1 Å². The molecule has 3 aromatic rings. The van der Waals surface area contributed by atoms with Gasteiger partial charge in [-0.15, -0.1) is 0 Å². The first kappa shape index (κ1) is 18.8. The minimum atomic E-state index is -0.482. The van der Waals surface area contributed by atoms with Gasteiger partial charge in [-0.3, -0.25) is 9.59 Å². The molecule has 0 heterocycles. The van der Waals surface area contributed by atoms with Crippen LogP contribution in [-0.2, 0) is 6.54 Å². The third-order valence-electron chi connectivity index (χ3n) is 3.98. The molecule has 0 saturated heterocycles. The third kappa shape index (κ3) is 4.80. The highest BCUT2D eigenvalue weighted by Crippen LogP contribution is 2.13. The van der Waals surface area contributed by atoms with Gasteiger partial charge in [0.25, 0.3) is 11.8 Å². The van der Waals surface area contributed by atoms with Crippen molar-refractivity contribution in [1.29, 1.82) is 5.26 Å². The maximum atomic E-state index is 13.3. The molecule has 6 heteroatoms. The molecule has 0 bridgehead atoms. The lowest BCUT2D eigenvalue weighted by molar-refractivity contribution is 0.0950. The number of carbonyl (C=O) groups is 2. The van der Waals surface area contributed by atoms with Gasteiger partial charge in [0.2, 0.25) is 0 Å². The molecule has 0 saturated carbocycles. The zero-order chi connectivity index (χ0) is 19.9. The molecule has 0 aliphatic rings. The molecule has 0 aliphatic heterocycles. The minimum absolute atomic E-state index is 0.219. The van der Waals surface area contributed by atoms with Gasteiger partial charge >= 0.3 is 0 Å². The Morgan fingerprint density at radius 1 is 0.893 bits per heavy atom. The van der Waals surface area contributed by atoms with E-state index >= 15 is 0 Å². The lowest BCUT2D eigenvalue weighted by atomic mass is 10.1. The standard InChI is InChI=1S/C22H16FN3O2/c23-19-8-3-7-18(12-19)22(28)26-20-9-2-5-16(11-20)14-25-21(27)17-6-1-4-15(10-17)13-24/h1-12H,14H2,(H,25,27)(H,26,28). The maximum Gasteiger partial charge on any atom is 0.255 e. The molecule has 0 unspecified atom stereocenters. The zero-order valence-electron chi connectivity index (χ0n) is 14.8. The molecule has 0 radical (unpaired) electrons. The predicted octanol–water partition coefficient (Wildman–Crippen LogP) is 3.88. The van der Waals surface area contributed by atoms with E-state index in [9.17, 15) is 14.0 Å². The van der Waals surface area contributed by atoms with Gasteiger partial charge in [0.15, 0.2) is 0 Å². The van der Waals surface area contributed by atoms with Gasteiger partial charge in [-0.1, -0.05) is 24.3 Å². The lowest BCUT2D eigenvalue weighted by Crippen LogP contribution is -2.23. The molecule has 0 spiro atoms. The van der Waals surface area contributed by atoms with Crippen LogP contribution in [0.1, 0.15) is 31.8 Å². The molecule has 0 atom stereocenters. The van der Waals surface area contributed by atoms with Crippen molar-refractivity contribution in [2.75, 3.05) is 5.32 Å². The first-order valence-corrected chi connectivity index (χ1v) is 8.49. The molecular formula is C22H16FN3O2. The van der Waals surface area contributed by atoms with Crippen molar-refractivity contribution in [2.24, 2.45) is 0 Å². The number of anilines is 1. The molecule has 28 heavy (non-hydrogen) atoms. The number of carbonyl (C=O) groups excluding carboxylic acids is 2. The van der Waals surface area contributed by atoms with Crippen LogP contribution in [0.15, 0.2) is 72.8 Å². The second-order valence-corrected chi connectivity index (χ2v) is 6.04. The molecule has 0 fully saturated rings. The normalized spacial score (nSPS) is 10.0. The number of halogens is 1. The van der Waals surface area contributed by atoms with E-state index in [-0.39, 0.29) is 18.0 Å². The van der Waals surface area contributed by atoms with Crippen LogP contribution in [0.3, 0.4) is 0 Å². The highest BCUT2D eigenvalue weighted by molar-refractivity contribution is 6.04. The smallest absolute Gasteiger partial charge is 0.255 e. The van der Waals surface area contributed by atoms with Gasteiger partial charge in [0.05, 0.1) is 11.6 Å². The zero-order valence-corrected chi connectivity index (χ0v) is 14.8. The Balaban J connectivity index is 1.64. The third-order valence-corrected chi connectivity index (χ3v) is 3.98. The summed E-state index contributed by atoms with van der Waals surface area (Å²) in [5.41, 5.74) is 2.34. The molecule has 2 N–H and O–H groups in total. The summed E-state index contributed by atoms with van der Waals surface area (Å²) in [7, 11) is 0. The van der Waals surface area contributed by atoms with E-state index in [1.54, 1.807) is 36.4 Å². The molecular weight excluding hydrogens is 357 g/mol. The Hall–Kier alpha value is -3.98. The summed E-state index contributed by atoms with van der Waals surface area (Å²) in [6.07, 6.45) is 0. The maximum absolute atomic E-state index is 13.3. The second-order valence-electron chi connectivity index (χ2n) is 6.04. The van der Waals surface area contributed by atoms with Crippen molar-refractivity contribution in [3.05, 3.63) is 101 Å². The van der Waals surface area contributed by atoms with Gasteiger partial charge in [-0.2, -0.15) is 5.26 Å². The van der Waals surface area contributed by atoms with Crippen LogP contribution in [0.5, 0.6) is 0 Å². The molecule has 2 amide bonds. The van der Waals surface area contributed by atoms with Crippen LogP contribution in [0.4, 0.5) is 10.1 Å². The molecule has 0 aromatic heterocycles. The topological polar surface area (TPSA) is 82.0 Å². The quantitative estimate of drug-likeness (QED) is 0.712. The highest BCUT2D eigenvalue weighted by Gasteiger charge is 2.09. The molecule has 138 valence electrons. The van der Waals surface area contributed by atoms with Gasteiger partial charge in [-0.05, 0) is 54.1 Å². The fourth-order valence-corrected chi connectivity index (χ4v) is 2.61. The number of nitrogens with one attached hydrogen (secondary N) is 2. The first-order valence-electron chi connectivity index (χ1n) is 8.49. The number of hydrogen-bond donors (Lipinski definition) is 2. The monoisotopic (exact) mass is 373 g/mol. The van der Waals surface area contributed by atoms with Gasteiger partial charge < -0.3 is 10.6 Å². The van der Waals surface area contributed by atoms with E-state index in [1.165, 1.54) is 24.3 Å². The van der Waals surface area contributed by atoms with Crippen LogP contribution in [0.25, 0.3) is 0 Å². The fourth-order valence-electron chi connectivity index (χ4n) is 2.61. The summed E-state index contributed by atoms with van der Waals surface area (Å²) >= 11 is 0. The van der Waals surface area contributed by atoms with Gasteiger partial charge in [0, 0.05) is 23.4 Å². The van der Waals surface area contributed by atoms with Crippen LogP contribution in [0, 0.1) is 17.1 Å². The Bertz CT molecular complexity index is 1070. The second kappa shape index (κ2) is 8.60. The van der Waals surface area contributed by atoms with Crippen LogP contribution in [0.2, 0.25) is 0 Å².